The van der Waals surface area contributed by atoms with Crippen LogP contribution < -0.4 is 0 Å². The van der Waals surface area contributed by atoms with Gasteiger partial charge in [0.1, 0.15) is 0 Å². The van der Waals surface area contributed by atoms with Gasteiger partial charge in [-0.1, -0.05) is 0 Å². The molecule has 0 N–H and O–H groups in total. The SMILES string of the molecule is O=C([O][Ti]([O]C(=O)c1cccc2ccccc12)([CH]1c2ccccc2-c2ccccc21)[CH]1c2ccccc2-c2ccccc21)c1cccc2ccccc12. The van der Waals surface area contributed by atoms with Gasteiger partial charge in [-0.3, -0.25) is 0 Å². The topological polar surface area (TPSA) is 52.6 Å². The van der Waals surface area contributed by atoms with Gasteiger partial charge in [0.05, 0.1) is 0 Å². The van der Waals surface area contributed by atoms with E-state index in [-0.39, 0.29) is 0 Å². The fourth-order valence-electron chi connectivity index (χ4n) is 8.81. The summed E-state index contributed by atoms with van der Waals surface area (Å²) in [5.74, 6) is -0.979. The zero-order valence-corrected chi connectivity index (χ0v) is 30.2. The Balaban J connectivity index is 1.29. The first kappa shape index (κ1) is 31.7. The second kappa shape index (κ2) is 12.6. The predicted molar refractivity (Wildman–Crippen MR) is 206 cm³/mol. The number of hydrogen-bond donors (Lipinski definition) is 0. The third-order valence-corrected chi connectivity index (χ3v) is 17.0. The summed E-state index contributed by atoms with van der Waals surface area (Å²) in [5, 5.41) is 3.44. The first-order valence-electron chi connectivity index (χ1n) is 17.9. The van der Waals surface area contributed by atoms with Crippen molar-refractivity contribution >= 4 is 33.5 Å². The van der Waals surface area contributed by atoms with Crippen LogP contribution in [-0.2, 0) is 24.0 Å². The maximum absolute atomic E-state index is 15.2. The molecule has 0 saturated heterocycles. The summed E-state index contributed by atoms with van der Waals surface area (Å²) in [6.45, 7) is 0. The van der Waals surface area contributed by atoms with E-state index in [0.717, 1.165) is 66.1 Å². The van der Waals surface area contributed by atoms with Crippen molar-refractivity contribution in [1.82, 2.24) is 0 Å². The third kappa shape index (κ3) is 4.94. The molecule has 0 heterocycles. The summed E-state index contributed by atoms with van der Waals surface area (Å²) in [6, 6.07) is 60.3. The molecule has 0 aliphatic heterocycles. The second-order valence-corrected chi connectivity index (χ2v) is 18.5. The van der Waals surface area contributed by atoms with Crippen molar-refractivity contribution in [3.8, 4) is 22.3 Å². The molecule has 8 aromatic rings. The van der Waals surface area contributed by atoms with Gasteiger partial charge in [-0.05, 0) is 0 Å². The van der Waals surface area contributed by atoms with Crippen LogP contribution >= 0.6 is 0 Å². The van der Waals surface area contributed by atoms with Crippen LogP contribution in [0.1, 0.15) is 51.4 Å². The first-order valence-corrected chi connectivity index (χ1v) is 21.0. The number of benzene rings is 8. The van der Waals surface area contributed by atoms with Crippen molar-refractivity contribution in [2.75, 3.05) is 0 Å². The fourth-order valence-corrected chi connectivity index (χ4v) is 15.7. The van der Waals surface area contributed by atoms with Gasteiger partial charge in [0.25, 0.3) is 0 Å². The number of rotatable bonds is 6. The Labute approximate surface area is 311 Å². The molecule has 0 amide bonds. The molecule has 5 heteroatoms. The van der Waals surface area contributed by atoms with Crippen molar-refractivity contribution in [1.29, 1.82) is 0 Å². The van der Waals surface area contributed by atoms with E-state index in [1.165, 1.54) is 0 Å². The summed E-state index contributed by atoms with van der Waals surface area (Å²) in [7, 11) is 0. The fraction of sp³-hybridized carbons (Fsp3) is 0.0417. The van der Waals surface area contributed by atoms with E-state index in [1.54, 1.807) is 0 Å². The molecule has 0 spiro atoms. The zero-order valence-electron chi connectivity index (χ0n) is 28.6. The monoisotopic (exact) mass is 720 g/mol. The maximum atomic E-state index is 15.2. The standard InChI is InChI=1S/2C13H9.2C11H8O2.Ti/c2*1-3-7-12-10(5-1)9-11-6-2-4-8-13(11)12;2*12-11(13)10-7-3-5-8-4-1-2-6-9(8)10;/h2*1-9H;2*1-7H,(H,12,13);/q;;;;+2/p-2. The Hall–Kier alpha value is -6.07. The molecule has 0 atom stereocenters. The zero-order chi connectivity index (χ0) is 35.5. The van der Waals surface area contributed by atoms with Gasteiger partial charge in [0.2, 0.25) is 0 Å². The van der Waals surface area contributed by atoms with Gasteiger partial charge in [-0.15, -0.1) is 0 Å². The molecule has 4 nitrogen and oxygen atoms in total. The average molecular weight is 721 g/mol. The summed E-state index contributed by atoms with van der Waals surface area (Å²) in [6.07, 6.45) is 0. The van der Waals surface area contributed by atoms with Crippen LogP contribution in [0.2, 0.25) is 0 Å². The molecule has 0 saturated carbocycles. The van der Waals surface area contributed by atoms with Gasteiger partial charge >= 0.3 is 313 Å². The van der Waals surface area contributed by atoms with E-state index >= 15 is 9.59 Å². The Morgan fingerprint density at radius 3 is 1.04 bits per heavy atom. The normalized spacial score (nSPS) is 13.3. The summed E-state index contributed by atoms with van der Waals surface area (Å²) >= 11 is -5.14. The molecule has 0 fully saturated rings. The Bertz CT molecular complexity index is 2480. The molecular formula is C48H32O4Ti. The van der Waals surface area contributed by atoms with Crippen LogP contribution in [-0.4, -0.2) is 11.9 Å². The van der Waals surface area contributed by atoms with Crippen molar-refractivity contribution in [3.05, 3.63) is 215 Å². The van der Waals surface area contributed by atoms with Gasteiger partial charge in [-0.25, -0.2) is 0 Å². The number of carbonyl (C=O) groups is 2. The Morgan fingerprint density at radius 1 is 0.358 bits per heavy atom. The molecule has 10 rings (SSSR count). The van der Waals surface area contributed by atoms with Crippen LogP contribution in [0.25, 0.3) is 43.8 Å². The molecule has 2 aliphatic rings. The van der Waals surface area contributed by atoms with Crippen molar-refractivity contribution in [2.45, 2.75) is 8.45 Å². The summed E-state index contributed by atoms with van der Waals surface area (Å²) in [4.78, 5) is 30.4. The van der Waals surface area contributed by atoms with Gasteiger partial charge < -0.3 is 0 Å². The number of hydrogen-bond acceptors (Lipinski definition) is 4. The average Bonchev–Trinajstić information content (AvgIpc) is 3.74. The van der Waals surface area contributed by atoms with Crippen LogP contribution in [0, 0.1) is 0 Å². The van der Waals surface area contributed by atoms with E-state index in [4.69, 9.17) is 6.64 Å². The molecule has 2 aliphatic carbocycles. The molecule has 252 valence electrons. The first-order chi connectivity index (χ1) is 26.1. The molecule has 0 radical (unpaired) electrons. The van der Waals surface area contributed by atoms with Crippen molar-refractivity contribution < 1.29 is 33.6 Å². The van der Waals surface area contributed by atoms with Crippen molar-refractivity contribution in [2.24, 2.45) is 0 Å². The van der Waals surface area contributed by atoms with Crippen LogP contribution in [0.3, 0.4) is 0 Å². The van der Waals surface area contributed by atoms with Crippen LogP contribution in [0.5, 0.6) is 0 Å². The molecule has 53 heavy (non-hydrogen) atoms. The van der Waals surface area contributed by atoms with Gasteiger partial charge in [0, 0.05) is 0 Å². The third-order valence-electron chi connectivity index (χ3n) is 11.0. The van der Waals surface area contributed by atoms with E-state index in [0.29, 0.717) is 11.1 Å². The number of fused-ring (bicyclic) bond motifs is 8. The molecule has 8 aromatic carbocycles. The second-order valence-electron chi connectivity index (χ2n) is 13.8. The predicted octanol–water partition coefficient (Wildman–Crippen LogP) is 11.5. The molecule has 0 aromatic heterocycles. The number of carbonyl (C=O) groups excluding carboxylic acids is 2. The minimum atomic E-state index is -5.14. The van der Waals surface area contributed by atoms with Crippen LogP contribution in [0.15, 0.2) is 182 Å². The van der Waals surface area contributed by atoms with E-state index in [1.807, 2.05) is 133 Å². The summed E-state index contributed by atoms with van der Waals surface area (Å²) < 4.78 is 13.7. The van der Waals surface area contributed by atoms with Crippen molar-refractivity contribution in [3.63, 3.8) is 0 Å². The molecular weight excluding hydrogens is 688 g/mol. The van der Waals surface area contributed by atoms with Crippen LogP contribution in [0.4, 0.5) is 0 Å². The quantitative estimate of drug-likeness (QED) is 0.161. The molecule has 0 bridgehead atoms. The van der Waals surface area contributed by atoms with Gasteiger partial charge in [-0.2, -0.15) is 0 Å². The minimum absolute atomic E-state index is 0.443. The Morgan fingerprint density at radius 2 is 0.660 bits per heavy atom. The van der Waals surface area contributed by atoms with E-state index < -0.39 is 37.7 Å². The molecule has 0 unspecified atom stereocenters. The summed E-state index contributed by atoms with van der Waals surface area (Å²) in [5.41, 5.74) is 9.15. The Kier molecular flexibility index (Phi) is 7.50. The van der Waals surface area contributed by atoms with E-state index in [2.05, 4.69) is 48.5 Å². The van der Waals surface area contributed by atoms with Gasteiger partial charge in [0.15, 0.2) is 0 Å². The van der Waals surface area contributed by atoms with E-state index in [9.17, 15) is 0 Å².